The first-order chi connectivity index (χ1) is 11.4. The Balaban J connectivity index is 2.49. The fourth-order valence-electron chi connectivity index (χ4n) is 2.31. The Kier molecular flexibility index (Phi) is 5.75. The second-order valence-electron chi connectivity index (χ2n) is 4.97. The van der Waals surface area contributed by atoms with Crippen molar-refractivity contribution in [3.05, 3.63) is 32.8 Å². The van der Waals surface area contributed by atoms with E-state index >= 15 is 0 Å². The molecule has 24 heavy (non-hydrogen) atoms. The Hall–Kier alpha value is -2.18. The van der Waals surface area contributed by atoms with Crippen molar-refractivity contribution in [2.45, 2.75) is 12.3 Å². The topological polar surface area (TPSA) is 125 Å². The number of hydrogen-bond donors (Lipinski definition) is 3. The fourth-order valence-corrected chi connectivity index (χ4v) is 3.59. The molecule has 9 heteroatoms. The van der Waals surface area contributed by atoms with Crippen LogP contribution in [0.2, 0.25) is 0 Å². The summed E-state index contributed by atoms with van der Waals surface area (Å²) in [4.78, 5) is 23.0. The molecule has 1 aromatic carbocycles. The zero-order valence-corrected chi connectivity index (χ0v) is 15.0. The van der Waals surface area contributed by atoms with E-state index in [0.29, 0.717) is 20.6 Å². The molecule has 4 N–H and O–H groups in total. The average molecular weight is 412 g/mol. The van der Waals surface area contributed by atoms with Crippen LogP contribution in [0.25, 0.3) is 0 Å². The van der Waals surface area contributed by atoms with Crippen molar-refractivity contribution >= 4 is 39.5 Å². The number of nitriles is 1. The van der Waals surface area contributed by atoms with Gasteiger partial charge in [0.05, 0.1) is 34.0 Å². The second kappa shape index (κ2) is 7.59. The van der Waals surface area contributed by atoms with E-state index in [1.54, 1.807) is 12.1 Å². The number of thioether (sulfide) groups is 1. The number of carbonyl (C=O) groups excluding carboxylic acids is 2. The molecule has 0 unspecified atom stereocenters. The van der Waals surface area contributed by atoms with Gasteiger partial charge in [-0.3, -0.25) is 9.59 Å². The molecule has 7 nitrogen and oxygen atoms in total. The molecule has 1 atom stereocenters. The number of benzene rings is 1. The third kappa shape index (κ3) is 3.83. The van der Waals surface area contributed by atoms with Crippen molar-refractivity contribution in [2.75, 3.05) is 12.9 Å². The molecule has 0 spiro atoms. The molecule has 1 heterocycles. The summed E-state index contributed by atoms with van der Waals surface area (Å²) < 4.78 is 5.51. The second-order valence-corrected chi connectivity index (χ2v) is 6.81. The molecule has 2 rings (SSSR count). The minimum absolute atomic E-state index is 0.0455. The van der Waals surface area contributed by atoms with Crippen LogP contribution in [0.5, 0.6) is 11.5 Å². The number of phenols is 1. The smallest absolute Gasteiger partial charge is 0.227 e. The number of primary amides is 1. The van der Waals surface area contributed by atoms with Gasteiger partial charge in [0, 0.05) is 12.3 Å². The van der Waals surface area contributed by atoms with Crippen LogP contribution in [0, 0.1) is 11.3 Å². The standard InChI is InChI=1S/C15H14BrN3O4S/c1-23-11-3-7(2-10(16)14(11)22)8-4-13(21)19-15(9(8)5-17)24-6-12(18)20/h2-3,8,22H,4,6H2,1H3,(H2,18,20)(H,19,21)/t8-/m0/s1. The largest absolute Gasteiger partial charge is 0.503 e. The lowest BCUT2D eigenvalue weighted by molar-refractivity contribution is -0.121. The summed E-state index contributed by atoms with van der Waals surface area (Å²) in [6.45, 7) is 0. The maximum absolute atomic E-state index is 12.0. The molecule has 0 fully saturated rings. The Bertz CT molecular complexity index is 773. The summed E-state index contributed by atoms with van der Waals surface area (Å²) in [5, 5.41) is 22.4. The highest BCUT2D eigenvalue weighted by Gasteiger charge is 2.30. The van der Waals surface area contributed by atoms with E-state index in [1.807, 2.05) is 0 Å². The van der Waals surface area contributed by atoms with Crippen LogP contribution in [-0.2, 0) is 9.59 Å². The van der Waals surface area contributed by atoms with Crippen LogP contribution >= 0.6 is 27.7 Å². The average Bonchev–Trinajstić information content (AvgIpc) is 2.54. The van der Waals surface area contributed by atoms with Crippen LogP contribution < -0.4 is 15.8 Å². The lowest BCUT2D eigenvalue weighted by Gasteiger charge is -2.25. The van der Waals surface area contributed by atoms with E-state index in [4.69, 9.17) is 10.5 Å². The van der Waals surface area contributed by atoms with Gasteiger partial charge in [-0.25, -0.2) is 0 Å². The Morgan fingerprint density at radius 1 is 1.62 bits per heavy atom. The van der Waals surface area contributed by atoms with Gasteiger partial charge in [-0.05, 0) is 33.6 Å². The van der Waals surface area contributed by atoms with Crippen molar-refractivity contribution in [1.82, 2.24) is 5.32 Å². The number of ether oxygens (including phenoxy) is 1. The van der Waals surface area contributed by atoms with Gasteiger partial charge in [0.25, 0.3) is 0 Å². The zero-order chi connectivity index (χ0) is 17.9. The van der Waals surface area contributed by atoms with Gasteiger partial charge in [-0.2, -0.15) is 5.26 Å². The van der Waals surface area contributed by atoms with Crippen molar-refractivity contribution in [3.63, 3.8) is 0 Å². The number of aromatic hydroxyl groups is 1. The van der Waals surface area contributed by atoms with E-state index in [9.17, 15) is 20.0 Å². The number of halogens is 1. The maximum Gasteiger partial charge on any atom is 0.227 e. The summed E-state index contributed by atoms with van der Waals surface area (Å²) in [7, 11) is 1.41. The van der Waals surface area contributed by atoms with E-state index in [-0.39, 0.29) is 29.6 Å². The molecule has 1 aliphatic heterocycles. The van der Waals surface area contributed by atoms with Crippen LogP contribution in [0.15, 0.2) is 27.2 Å². The maximum atomic E-state index is 12.0. The Morgan fingerprint density at radius 2 is 2.33 bits per heavy atom. The third-order valence-corrected chi connectivity index (χ3v) is 5.03. The molecule has 0 bridgehead atoms. The molecule has 0 radical (unpaired) electrons. The van der Waals surface area contributed by atoms with Gasteiger partial charge in [-0.1, -0.05) is 11.8 Å². The van der Waals surface area contributed by atoms with E-state index < -0.39 is 11.8 Å². The van der Waals surface area contributed by atoms with Crippen molar-refractivity contribution in [3.8, 4) is 17.6 Å². The number of amides is 2. The number of nitrogens with two attached hydrogens (primary N) is 1. The summed E-state index contributed by atoms with van der Waals surface area (Å²) in [5.41, 5.74) is 6.10. The number of phenolic OH excluding ortho intramolecular Hbond substituents is 1. The minimum Gasteiger partial charge on any atom is -0.503 e. The van der Waals surface area contributed by atoms with Crippen molar-refractivity contribution < 1.29 is 19.4 Å². The molecular formula is C15H14BrN3O4S. The molecule has 1 aliphatic rings. The number of rotatable bonds is 5. The SMILES string of the molecule is COc1cc([C@@H]2CC(=O)NC(SCC(N)=O)=C2C#N)cc(Br)c1O. The van der Waals surface area contributed by atoms with Gasteiger partial charge < -0.3 is 20.9 Å². The van der Waals surface area contributed by atoms with Crippen LogP contribution in [-0.4, -0.2) is 29.8 Å². The van der Waals surface area contributed by atoms with E-state index in [1.165, 1.54) is 7.11 Å². The van der Waals surface area contributed by atoms with E-state index in [0.717, 1.165) is 11.8 Å². The van der Waals surface area contributed by atoms with Gasteiger partial charge in [0.1, 0.15) is 0 Å². The van der Waals surface area contributed by atoms with Crippen molar-refractivity contribution in [1.29, 1.82) is 5.26 Å². The molecule has 2 amide bonds. The number of hydrogen-bond acceptors (Lipinski definition) is 6. The summed E-state index contributed by atoms with van der Waals surface area (Å²) in [5.74, 6) is -1.20. The number of carbonyl (C=O) groups is 2. The minimum atomic E-state index is -0.546. The first-order valence-corrected chi connectivity index (χ1v) is 8.56. The molecule has 0 saturated carbocycles. The predicted molar refractivity (Wildman–Crippen MR) is 92.2 cm³/mol. The normalized spacial score (nSPS) is 17.2. The summed E-state index contributed by atoms with van der Waals surface area (Å²) >= 11 is 4.25. The number of methoxy groups -OCH3 is 1. The van der Waals surface area contributed by atoms with Crippen LogP contribution in [0.4, 0.5) is 0 Å². The highest BCUT2D eigenvalue weighted by molar-refractivity contribution is 9.10. The number of allylic oxidation sites excluding steroid dienone is 1. The van der Waals surface area contributed by atoms with Crippen LogP contribution in [0.3, 0.4) is 0 Å². The number of nitrogens with one attached hydrogen (secondary N) is 1. The summed E-state index contributed by atoms with van der Waals surface area (Å²) in [6, 6.07) is 5.31. The molecule has 126 valence electrons. The first kappa shape index (κ1) is 18.2. The lowest BCUT2D eigenvalue weighted by Crippen LogP contribution is -2.31. The van der Waals surface area contributed by atoms with Crippen molar-refractivity contribution in [2.24, 2.45) is 5.73 Å². The number of nitrogens with zero attached hydrogens (tertiary/aromatic N) is 1. The van der Waals surface area contributed by atoms with Crippen LogP contribution in [0.1, 0.15) is 17.9 Å². The highest BCUT2D eigenvalue weighted by Crippen LogP contribution is 2.42. The highest BCUT2D eigenvalue weighted by atomic mass is 79.9. The third-order valence-electron chi connectivity index (χ3n) is 3.39. The van der Waals surface area contributed by atoms with Gasteiger partial charge in [0.2, 0.25) is 11.8 Å². The molecule has 0 aromatic heterocycles. The Labute approximate surface area is 151 Å². The molecule has 0 aliphatic carbocycles. The monoisotopic (exact) mass is 411 g/mol. The Morgan fingerprint density at radius 3 is 2.92 bits per heavy atom. The van der Waals surface area contributed by atoms with Gasteiger partial charge >= 0.3 is 0 Å². The molecular weight excluding hydrogens is 398 g/mol. The van der Waals surface area contributed by atoms with E-state index in [2.05, 4.69) is 27.3 Å². The first-order valence-electron chi connectivity index (χ1n) is 6.79. The molecule has 1 aromatic rings. The molecule has 0 saturated heterocycles. The van der Waals surface area contributed by atoms with Gasteiger partial charge in [-0.15, -0.1) is 0 Å². The fraction of sp³-hybridized carbons (Fsp3) is 0.267. The quantitative estimate of drug-likeness (QED) is 0.676. The summed E-state index contributed by atoms with van der Waals surface area (Å²) in [6.07, 6.45) is 0.0733. The lowest BCUT2D eigenvalue weighted by atomic mass is 9.87. The predicted octanol–water partition coefficient (Wildman–Crippen LogP) is 1.72. The zero-order valence-electron chi connectivity index (χ0n) is 12.6. The van der Waals surface area contributed by atoms with Gasteiger partial charge in [0.15, 0.2) is 11.5 Å².